The zero-order valence-electron chi connectivity index (χ0n) is 7.81. The highest BCUT2D eigenvalue weighted by Gasteiger charge is 2.66. The number of fused-ring (bicyclic) bond motifs is 2. The second kappa shape index (κ2) is 1.81. The Hall–Kier alpha value is -0.660. The molecule has 2 aliphatic carbocycles. The Balaban J connectivity index is 2.58. The fraction of sp³-hybridized carbons (Fsp3) is 0.800. The van der Waals surface area contributed by atoms with Crippen LogP contribution in [0, 0.1) is 16.7 Å². The Morgan fingerprint density at radius 1 is 1.25 bits per heavy atom. The van der Waals surface area contributed by atoms with E-state index in [1.54, 1.807) is 0 Å². The molecule has 2 nitrogen and oxygen atoms in total. The lowest BCUT2D eigenvalue weighted by Gasteiger charge is -2.31. The van der Waals surface area contributed by atoms with Crippen LogP contribution in [-0.2, 0) is 9.59 Å². The maximum Gasteiger partial charge on any atom is 0.205 e. The monoisotopic (exact) mass is 166 g/mol. The van der Waals surface area contributed by atoms with Gasteiger partial charge in [0, 0.05) is 11.3 Å². The summed E-state index contributed by atoms with van der Waals surface area (Å²) in [6.07, 6.45) is 1.81. The SMILES string of the molecule is CC1(C)[C@@H]2CC[C@@]1(C)C(=O)C2=O. The van der Waals surface area contributed by atoms with Gasteiger partial charge in [0.1, 0.15) is 0 Å². The average molecular weight is 166 g/mol. The zero-order chi connectivity index (χ0) is 9.15. The molecule has 2 aliphatic rings. The van der Waals surface area contributed by atoms with Crippen LogP contribution >= 0.6 is 0 Å². The Kier molecular flexibility index (Phi) is 1.20. The van der Waals surface area contributed by atoms with Gasteiger partial charge in [0.2, 0.25) is 11.6 Å². The van der Waals surface area contributed by atoms with E-state index in [-0.39, 0.29) is 28.3 Å². The molecule has 0 heterocycles. The van der Waals surface area contributed by atoms with Crippen LogP contribution in [0.2, 0.25) is 0 Å². The van der Waals surface area contributed by atoms with E-state index in [9.17, 15) is 9.59 Å². The molecule has 2 saturated carbocycles. The average Bonchev–Trinajstić information content (AvgIpc) is 2.26. The highest BCUT2D eigenvalue weighted by molar-refractivity contribution is 6.43. The van der Waals surface area contributed by atoms with Gasteiger partial charge in [-0.15, -0.1) is 0 Å². The van der Waals surface area contributed by atoms with E-state index >= 15 is 0 Å². The summed E-state index contributed by atoms with van der Waals surface area (Å²) < 4.78 is 0. The van der Waals surface area contributed by atoms with Gasteiger partial charge in [0.15, 0.2) is 0 Å². The topological polar surface area (TPSA) is 34.1 Å². The van der Waals surface area contributed by atoms with Crippen molar-refractivity contribution in [2.45, 2.75) is 33.6 Å². The Morgan fingerprint density at radius 3 is 2.08 bits per heavy atom. The molecule has 0 aromatic heterocycles. The molecule has 2 rings (SSSR count). The van der Waals surface area contributed by atoms with Crippen LogP contribution in [-0.4, -0.2) is 11.6 Å². The molecule has 0 spiro atoms. The first-order chi connectivity index (χ1) is 5.41. The lowest BCUT2D eigenvalue weighted by Crippen LogP contribution is -2.33. The number of carbonyl (C=O) groups excluding carboxylic acids is 2. The molecule has 0 N–H and O–H groups in total. The first-order valence-corrected chi connectivity index (χ1v) is 4.50. The van der Waals surface area contributed by atoms with Crippen molar-refractivity contribution in [2.75, 3.05) is 0 Å². The van der Waals surface area contributed by atoms with E-state index in [1.165, 1.54) is 0 Å². The molecule has 0 amide bonds. The van der Waals surface area contributed by atoms with Gasteiger partial charge in [-0.3, -0.25) is 9.59 Å². The molecular weight excluding hydrogens is 152 g/mol. The quantitative estimate of drug-likeness (QED) is 0.512. The summed E-state index contributed by atoms with van der Waals surface area (Å²) in [4.78, 5) is 23.0. The molecule has 2 bridgehead atoms. The first kappa shape index (κ1) is 7.96. The Labute approximate surface area is 72.3 Å². The molecule has 2 heteroatoms. The fourth-order valence-corrected chi connectivity index (χ4v) is 2.80. The van der Waals surface area contributed by atoms with Gasteiger partial charge in [-0.25, -0.2) is 0 Å². The summed E-state index contributed by atoms with van der Waals surface area (Å²) >= 11 is 0. The van der Waals surface area contributed by atoms with Crippen molar-refractivity contribution in [2.24, 2.45) is 16.7 Å². The van der Waals surface area contributed by atoms with Gasteiger partial charge in [-0.05, 0) is 18.3 Å². The highest BCUT2D eigenvalue weighted by Crippen LogP contribution is 2.61. The van der Waals surface area contributed by atoms with Crippen molar-refractivity contribution in [1.82, 2.24) is 0 Å². The third-order valence-corrected chi connectivity index (χ3v) is 4.27. The van der Waals surface area contributed by atoms with Crippen molar-refractivity contribution in [1.29, 1.82) is 0 Å². The van der Waals surface area contributed by atoms with Gasteiger partial charge in [0.25, 0.3) is 0 Å². The van der Waals surface area contributed by atoms with Crippen LogP contribution in [0.25, 0.3) is 0 Å². The Morgan fingerprint density at radius 2 is 1.83 bits per heavy atom. The number of rotatable bonds is 0. The van der Waals surface area contributed by atoms with Crippen LogP contribution in [0.15, 0.2) is 0 Å². The highest BCUT2D eigenvalue weighted by atomic mass is 16.2. The van der Waals surface area contributed by atoms with Crippen molar-refractivity contribution in [3.05, 3.63) is 0 Å². The molecule has 2 fully saturated rings. The second-order valence-electron chi connectivity index (χ2n) is 4.84. The van der Waals surface area contributed by atoms with Gasteiger partial charge < -0.3 is 0 Å². The summed E-state index contributed by atoms with van der Waals surface area (Å²) in [5, 5.41) is 0. The largest absolute Gasteiger partial charge is 0.291 e. The summed E-state index contributed by atoms with van der Waals surface area (Å²) in [6, 6.07) is 0. The van der Waals surface area contributed by atoms with Gasteiger partial charge in [0.05, 0.1) is 0 Å². The zero-order valence-corrected chi connectivity index (χ0v) is 7.81. The van der Waals surface area contributed by atoms with Crippen molar-refractivity contribution < 1.29 is 9.59 Å². The van der Waals surface area contributed by atoms with E-state index in [1.807, 2.05) is 20.8 Å². The standard InChI is InChI=1S/C10H14O2/c1-9(2)6-4-5-10(9,3)8(12)7(6)11/h6H,4-5H2,1-3H3/t6-,10+/m1/s1. The normalized spacial score (nSPS) is 44.1. The van der Waals surface area contributed by atoms with E-state index < -0.39 is 0 Å². The second-order valence-corrected chi connectivity index (χ2v) is 4.84. The summed E-state index contributed by atoms with van der Waals surface area (Å²) in [5.74, 6) is -0.229. The predicted molar refractivity (Wildman–Crippen MR) is 44.6 cm³/mol. The number of ketones is 2. The third-order valence-electron chi connectivity index (χ3n) is 4.27. The van der Waals surface area contributed by atoms with E-state index in [0.717, 1.165) is 12.8 Å². The van der Waals surface area contributed by atoms with E-state index in [0.29, 0.717) is 0 Å². The third kappa shape index (κ3) is 0.551. The van der Waals surface area contributed by atoms with Crippen LogP contribution in [0.3, 0.4) is 0 Å². The molecule has 0 radical (unpaired) electrons. The van der Waals surface area contributed by atoms with Crippen LogP contribution < -0.4 is 0 Å². The minimum absolute atomic E-state index is 0.00926. The molecule has 0 aromatic carbocycles. The lowest BCUT2D eigenvalue weighted by molar-refractivity contribution is -0.141. The minimum atomic E-state index is -0.352. The molecule has 2 atom stereocenters. The number of Topliss-reactive ketones (excluding diaryl/α,β-unsaturated/α-hetero) is 2. The summed E-state index contributed by atoms with van der Waals surface area (Å²) in [5.41, 5.74) is -0.448. The molecule has 0 aliphatic heterocycles. The number of hydrogen-bond donors (Lipinski definition) is 0. The lowest BCUT2D eigenvalue weighted by atomic mass is 9.70. The molecule has 0 saturated heterocycles. The first-order valence-electron chi connectivity index (χ1n) is 4.50. The minimum Gasteiger partial charge on any atom is -0.291 e. The van der Waals surface area contributed by atoms with E-state index in [4.69, 9.17) is 0 Å². The van der Waals surface area contributed by atoms with Crippen LogP contribution in [0.1, 0.15) is 33.6 Å². The number of carbonyl (C=O) groups is 2. The van der Waals surface area contributed by atoms with Gasteiger partial charge >= 0.3 is 0 Å². The molecule has 0 aromatic rings. The smallest absolute Gasteiger partial charge is 0.205 e. The maximum atomic E-state index is 11.6. The van der Waals surface area contributed by atoms with Gasteiger partial charge in [-0.1, -0.05) is 20.8 Å². The maximum absolute atomic E-state index is 11.6. The molecule has 66 valence electrons. The summed E-state index contributed by atoms with van der Waals surface area (Å²) in [6.45, 7) is 6.04. The van der Waals surface area contributed by atoms with Gasteiger partial charge in [-0.2, -0.15) is 0 Å². The van der Waals surface area contributed by atoms with Crippen LogP contribution in [0.5, 0.6) is 0 Å². The number of hydrogen-bond acceptors (Lipinski definition) is 2. The fourth-order valence-electron chi connectivity index (χ4n) is 2.80. The van der Waals surface area contributed by atoms with Crippen molar-refractivity contribution in [3.63, 3.8) is 0 Å². The summed E-state index contributed by atoms with van der Waals surface area (Å²) in [7, 11) is 0. The molecular formula is C10H14O2. The Bertz CT molecular complexity index is 278. The van der Waals surface area contributed by atoms with E-state index in [2.05, 4.69) is 0 Å². The molecule has 0 unspecified atom stereocenters. The van der Waals surface area contributed by atoms with Crippen molar-refractivity contribution in [3.8, 4) is 0 Å². The predicted octanol–water partition coefficient (Wildman–Crippen LogP) is 1.58. The molecule has 12 heavy (non-hydrogen) atoms. The van der Waals surface area contributed by atoms with Crippen molar-refractivity contribution >= 4 is 11.6 Å². The van der Waals surface area contributed by atoms with Crippen LogP contribution in [0.4, 0.5) is 0 Å².